The van der Waals surface area contributed by atoms with Crippen LogP contribution in [0.2, 0.25) is 0 Å². The van der Waals surface area contributed by atoms with Crippen LogP contribution < -0.4 is 5.56 Å². The van der Waals surface area contributed by atoms with Gasteiger partial charge in [-0.3, -0.25) is 9.36 Å². The topological polar surface area (TPSA) is 22.0 Å². The Bertz CT molecular complexity index is 2620. The van der Waals surface area contributed by atoms with Gasteiger partial charge in [0.25, 0.3) is 5.56 Å². The summed E-state index contributed by atoms with van der Waals surface area (Å²) in [6.07, 6.45) is 0. The van der Waals surface area contributed by atoms with Crippen molar-refractivity contribution in [1.82, 2.24) is 4.57 Å². The third kappa shape index (κ3) is 3.93. The van der Waals surface area contributed by atoms with Crippen molar-refractivity contribution in [3.05, 3.63) is 174 Å². The van der Waals surface area contributed by atoms with Gasteiger partial charge in [0.15, 0.2) is 0 Å². The molecule has 0 aliphatic carbocycles. The number of nitrogens with zero attached hydrogens (tertiary/aromatic N) is 1. The zero-order valence-electron chi connectivity index (χ0n) is 24.4. The van der Waals surface area contributed by atoms with Crippen molar-refractivity contribution in [2.45, 2.75) is 0 Å². The van der Waals surface area contributed by atoms with Gasteiger partial charge in [-0.1, -0.05) is 133 Å². The molecule has 2 heteroatoms. The summed E-state index contributed by atoms with van der Waals surface area (Å²) in [6.45, 7) is 0. The van der Waals surface area contributed by atoms with Crippen LogP contribution in [0.25, 0.3) is 81.9 Å². The largest absolute Gasteiger partial charge is 0.276 e. The van der Waals surface area contributed by atoms with E-state index in [4.69, 9.17) is 0 Å². The highest BCUT2D eigenvalue weighted by molar-refractivity contribution is 6.28. The fourth-order valence-corrected chi connectivity index (χ4v) is 7.14. The van der Waals surface area contributed by atoms with E-state index in [0.717, 1.165) is 38.5 Å². The van der Waals surface area contributed by atoms with Gasteiger partial charge in [0.2, 0.25) is 0 Å². The second-order valence-corrected chi connectivity index (χ2v) is 11.7. The first-order chi connectivity index (χ1) is 22.3. The lowest BCUT2D eigenvalue weighted by Crippen LogP contribution is -2.19. The van der Waals surface area contributed by atoms with Crippen LogP contribution in [0, 0.1) is 0 Å². The van der Waals surface area contributed by atoms with E-state index >= 15 is 0 Å². The lowest BCUT2D eigenvalue weighted by molar-refractivity contribution is 1.06. The molecule has 9 aromatic rings. The Morgan fingerprint density at radius 3 is 1.67 bits per heavy atom. The van der Waals surface area contributed by atoms with Gasteiger partial charge in [0.05, 0.1) is 5.52 Å². The minimum absolute atomic E-state index is 0.0126. The van der Waals surface area contributed by atoms with Crippen molar-refractivity contribution < 1.29 is 0 Å². The molecule has 9 rings (SSSR count). The van der Waals surface area contributed by atoms with Crippen molar-refractivity contribution in [3.63, 3.8) is 0 Å². The smallest absolute Gasteiger partial charge is 0.263 e. The fraction of sp³-hybridized carbons (Fsp3) is 0. The SMILES string of the molecule is O=c1c2ccccc2c2cc(-c3ccccc3)ccc2n1-c1ccc2c(c1)c1ccccc1c1c(-c3ccccc3)cccc21. The van der Waals surface area contributed by atoms with Gasteiger partial charge in [-0.15, -0.1) is 0 Å². The number of fused-ring (bicyclic) bond motifs is 9. The second kappa shape index (κ2) is 10.0. The first kappa shape index (κ1) is 25.5. The normalized spacial score (nSPS) is 11.6. The second-order valence-electron chi connectivity index (χ2n) is 11.7. The Labute approximate surface area is 260 Å². The van der Waals surface area contributed by atoms with Crippen molar-refractivity contribution in [3.8, 4) is 27.9 Å². The van der Waals surface area contributed by atoms with Crippen LogP contribution in [-0.4, -0.2) is 4.57 Å². The summed E-state index contributed by atoms with van der Waals surface area (Å²) in [7, 11) is 0. The summed E-state index contributed by atoms with van der Waals surface area (Å²) in [5.74, 6) is 0. The molecule has 8 aromatic carbocycles. The molecule has 0 atom stereocenters. The van der Waals surface area contributed by atoms with E-state index in [9.17, 15) is 4.79 Å². The fourth-order valence-electron chi connectivity index (χ4n) is 7.14. The third-order valence-corrected chi connectivity index (χ3v) is 9.18. The zero-order chi connectivity index (χ0) is 29.9. The molecule has 0 N–H and O–H groups in total. The lowest BCUT2D eigenvalue weighted by Gasteiger charge is -2.17. The van der Waals surface area contributed by atoms with E-state index in [1.807, 2.05) is 28.8 Å². The van der Waals surface area contributed by atoms with Crippen molar-refractivity contribution >= 4 is 54.0 Å². The Morgan fingerprint density at radius 2 is 0.933 bits per heavy atom. The van der Waals surface area contributed by atoms with E-state index in [-0.39, 0.29) is 5.56 Å². The zero-order valence-corrected chi connectivity index (χ0v) is 24.4. The third-order valence-electron chi connectivity index (χ3n) is 9.18. The molecule has 210 valence electrons. The van der Waals surface area contributed by atoms with Crippen LogP contribution >= 0.6 is 0 Å². The van der Waals surface area contributed by atoms with Gasteiger partial charge >= 0.3 is 0 Å². The summed E-state index contributed by atoms with van der Waals surface area (Å²) in [5, 5.41) is 9.89. The first-order valence-electron chi connectivity index (χ1n) is 15.3. The van der Waals surface area contributed by atoms with Crippen molar-refractivity contribution in [2.24, 2.45) is 0 Å². The van der Waals surface area contributed by atoms with Crippen LogP contribution in [0.1, 0.15) is 0 Å². The molecule has 1 heterocycles. The average Bonchev–Trinajstić information content (AvgIpc) is 3.12. The van der Waals surface area contributed by atoms with Crippen LogP contribution in [0.15, 0.2) is 169 Å². The number of rotatable bonds is 3. The summed E-state index contributed by atoms with van der Waals surface area (Å²) >= 11 is 0. The molecule has 0 aliphatic heterocycles. The molecule has 0 saturated heterocycles. The maximum atomic E-state index is 14.3. The minimum Gasteiger partial charge on any atom is -0.276 e. The van der Waals surface area contributed by atoms with Gasteiger partial charge in [0.1, 0.15) is 0 Å². The molecule has 0 radical (unpaired) electrons. The van der Waals surface area contributed by atoms with Crippen LogP contribution in [-0.2, 0) is 0 Å². The number of pyridine rings is 1. The van der Waals surface area contributed by atoms with E-state index in [1.54, 1.807) is 0 Å². The average molecular weight is 574 g/mol. The standard InChI is InChI=1S/C43H27NO/c45-43-38-19-10-8-17-34(38)40-26-30(28-12-3-1-4-13-28)22-25-41(40)44(43)31-23-24-35-37-21-11-20-32(29-14-5-2-6-15-29)42(37)36-18-9-7-16-33(36)39(35)27-31/h1-27H. The van der Waals surface area contributed by atoms with Crippen molar-refractivity contribution in [2.75, 3.05) is 0 Å². The number of hydrogen-bond donors (Lipinski definition) is 0. The quantitative estimate of drug-likeness (QED) is 0.193. The maximum absolute atomic E-state index is 14.3. The van der Waals surface area contributed by atoms with Gasteiger partial charge in [0, 0.05) is 16.5 Å². The van der Waals surface area contributed by atoms with Gasteiger partial charge in [-0.25, -0.2) is 0 Å². The molecule has 0 spiro atoms. The number of benzene rings is 8. The molecular weight excluding hydrogens is 546 g/mol. The minimum atomic E-state index is -0.0126. The highest BCUT2D eigenvalue weighted by Crippen LogP contribution is 2.41. The molecule has 0 unspecified atom stereocenters. The summed E-state index contributed by atoms with van der Waals surface area (Å²) in [4.78, 5) is 14.3. The Hall–Kier alpha value is -5.99. The molecule has 0 bridgehead atoms. The number of aromatic nitrogens is 1. The van der Waals surface area contributed by atoms with Crippen LogP contribution in [0.3, 0.4) is 0 Å². The Kier molecular flexibility index (Phi) is 5.69. The van der Waals surface area contributed by atoms with Crippen LogP contribution in [0.4, 0.5) is 0 Å². The van der Waals surface area contributed by atoms with Gasteiger partial charge in [-0.05, 0) is 90.3 Å². The van der Waals surface area contributed by atoms with Gasteiger partial charge < -0.3 is 0 Å². The van der Waals surface area contributed by atoms with Gasteiger partial charge in [-0.2, -0.15) is 0 Å². The monoisotopic (exact) mass is 573 g/mol. The molecule has 0 aliphatic rings. The predicted molar refractivity (Wildman–Crippen MR) is 190 cm³/mol. The number of hydrogen-bond acceptors (Lipinski definition) is 1. The molecule has 0 amide bonds. The van der Waals surface area contributed by atoms with E-state index in [2.05, 4.69) is 140 Å². The highest BCUT2D eigenvalue weighted by atomic mass is 16.1. The Balaban J connectivity index is 1.36. The molecular formula is C43H27NO. The highest BCUT2D eigenvalue weighted by Gasteiger charge is 2.17. The van der Waals surface area contributed by atoms with E-state index < -0.39 is 0 Å². The van der Waals surface area contributed by atoms with Crippen molar-refractivity contribution in [1.29, 1.82) is 0 Å². The lowest BCUT2D eigenvalue weighted by atomic mass is 9.89. The van der Waals surface area contributed by atoms with E-state index in [1.165, 1.54) is 38.1 Å². The molecule has 1 aromatic heterocycles. The molecule has 45 heavy (non-hydrogen) atoms. The summed E-state index contributed by atoms with van der Waals surface area (Å²) < 4.78 is 1.89. The molecule has 0 saturated carbocycles. The Morgan fingerprint density at radius 1 is 0.356 bits per heavy atom. The summed E-state index contributed by atoms with van der Waals surface area (Å²) in [6, 6.07) is 57.2. The van der Waals surface area contributed by atoms with Crippen LogP contribution in [0.5, 0.6) is 0 Å². The summed E-state index contributed by atoms with van der Waals surface area (Å²) in [5.41, 5.74) is 6.45. The maximum Gasteiger partial charge on any atom is 0.263 e. The predicted octanol–water partition coefficient (Wildman–Crippen LogP) is 10.9. The molecule has 0 fully saturated rings. The first-order valence-corrected chi connectivity index (χ1v) is 15.3. The van der Waals surface area contributed by atoms with E-state index in [0.29, 0.717) is 5.39 Å². The molecule has 2 nitrogen and oxygen atoms in total.